The molecule has 0 fully saturated rings. The van der Waals surface area contributed by atoms with Crippen molar-refractivity contribution >= 4 is 54.9 Å². The van der Waals surface area contributed by atoms with E-state index in [0.717, 1.165) is 39.6 Å². The number of halogens is 1. The molecule has 0 spiro atoms. The van der Waals surface area contributed by atoms with Crippen molar-refractivity contribution in [3.8, 4) is 0 Å². The van der Waals surface area contributed by atoms with Crippen LogP contribution in [0, 0.1) is 5.92 Å². The zero-order chi connectivity index (χ0) is 17.6. The SMILES string of the molecule is CC1CCc2nc3sc(C(=O)Nc4ccc(Br)cn4)c(N)c3cc2C1. The van der Waals surface area contributed by atoms with Crippen LogP contribution in [0.4, 0.5) is 11.5 Å². The van der Waals surface area contributed by atoms with E-state index in [2.05, 4.69) is 39.2 Å². The number of nitrogens with two attached hydrogens (primary N) is 1. The summed E-state index contributed by atoms with van der Waals surface area (Å²) in [6.07, 6.45) is 4.82. The Labute approximate surface area is 157 Å². The van der Waals surface area contributed by atoms with Gasteiger partial charge in [-0.15, -0.1) is 11.3 Å². The summed E-state index contributed by atoms with van der Waals surface area (Å²) in [6, 6.07) is 5.69. The van der Waals surface area contributed by atoms with Crippen molar-refractivity contribution in [1.29, 1.82) is 0 Å². The first-order chi connectivity index (χ1) is 12.0. The van der Waals surface area contributed by atoms with Crippen LogP contribution in [0.2, 0.25) is 0 Å². The minimum Gasteiger partial charge on any atom is -0.397 e. The molecule has 0 saturated heterocycles. The van der Waals surface area contributed by atoms with Gasteiger partial charge in [0.1, 0.15) is 15.5 Å². The van der Waals surface area contributed by atoms with Gasteiger partial charge in [-0.25, -0.2) is 9.97 Å². The minimum atomic E-state index is -0.248. The number of amides is 1. The third-order valence-electron chi connectivity index (χ3n) is 4.51. The van der Waals surface area contributed by atoms with E-state index in [4.69, 9.17) is 10.7 Å². The fourth-order valence-corrected chi connectivity index (χ4v) is 4.39. The number of nitrogens with zero attached hydrogens (tertiary/aromatic N) is 2. The van der Waals surface area contributed by atoms with E-state index in [-0.39, 0.29) is 5.91 Å². The van der Waals surface area contributed by atoms with E-state index in [9.17, 15) is 4.79 Å². The summed E-state index contributed by atoms with van der Waals surface area (Å²) in [5, 5.41) is 3.68. The van der Waals surface area contributed by atoms with Gasteiger partial charge in [-0.1, -0.05) is 6.92 Å². The van der Waals surface area contributed by atoms with E-state index in [0.29, 0.717) is 22.3 Å². The van der Waals surface area contributed by atoms with Crippen LogP contribution in [0.15, 0.2) is 28.9 Å². The monoisotopic (exact) mass is 416 g/mol. The van der Waals surface area contributed by atoms with E-state index >= 15 is 0 Å². The van der Waals surface area contributed by atoms with Gasteiger partial charge in [-0.2, -0.15) is 0 Å². The van der Waals surface area contributed by atoms with Crippen molar-refractivity contribution in [1.82, 2.24) is 9.97 Å². The summed E-state index contributed by atoms with van der Waals surface area (Å²) in [6.45, 7) is 2.26. The molecule has 1 amide bonds. The Morgan fingerprint density at radius 2 is 2.28 bits per heavy atom. The first kappa shape index (κ1) is 16.5. The maximum Gasteiger partial charge on any atom is 0.269 e. The molecule has 3 N–H and O–H groups in total. The molecule has 3 aromatic rings. The van der Waals surface area contributed by atoms with Crippen LogP contribution in [-0.4, -0.2) is 15.9 Å². The maximum absolute atomic E-state index is 12.6. The summed E-state index contributed by atoms with van der Waals surface area (Å²) in [5.74, 6) is 0.908. The molecule has 4 rings (SSSR count). The molecular weight excluding hydrogens is 400 g/mol. The number of rotatable bonds is 2. The minimum absolute atomic E-state index is 0.248. The Balaban J connectivity index is 1.69. The molecule has 3 aromatic heterocycles. The molecule has 0 aromatic carbocycles. The molecule has 1 aliphatic rings. The van der Waals surface area contributed by atoms with Gasteiger partial charge in [0.2, 0.25) is 0 Å². The Morgan fingerprint density at radius 3 is 3.04 bits per heavy atom. The predicted molar refractivity (Wildman–Crippen MR) is 105 cm³/mol. The first-order valence-electron chi connectivity index (χ1n) is 8.15. The summed E-state index contributed by atoms with van der Waals surface area (Å²) < 4.78 is 0.857. The van der Waals surface area contributed by atoms with Crippen molar-refractivity contribution in [3.05, 3.63) is 45.0 Å². The molecule has 1 unspecified atom stereocenters. The van der Waals surface area contributed by atoms with E-state index < -0.39 is 0 Å². The normalized spacial score (nSPS) is 16.6. The fourth-order valence-electron chi connectivity index (χ4n) is 3.16. The Morgan fingerprint density at radius 1 is 1.44 bits per heavy atom. The molecule has 0 aliphatic heterocycles. The van der Waals surface area contributed by atoms with Crippen LogP contribution in [0.25, 0.3) is 10.2 Å². The Bertz CT molecular complexity index is 967. The smallest absolute Gasteiger partial charge is 0.269 e. The van der Waals surface area contributed by atoms with Crippen LogP contribution in [0.5, 0.6) is 0 Å². The molecular formula is C18H17BrN4OS. The van der Waals surface area contributed by atoms with E-state index in [1.165, 1.54) is 16.9 Å². The van der Waals surface area contributed by atoms with E-state index in [1.54, 1.807) is 12.3 Å². The van der Waals surface area contributed by atoms with Gasteiger partial charge in [-0.3, -0.25) is 4.79 Å². The number of nitrogens with one attached hydrogen (secondary N) is 1. The van der Waals surface area contributed by atoms with Crippen LogP contribution in [0.1, 0.15) is 34.3 Å². The molecule has 1 aliphatic carbocycles. The van der Waals surface area contributed by atoms with E-state index in [1.807, 2.05) is 6.07 Å². The second-order valence-corrected chi connectivity index (χ2v) is 8.37. The van der Waals surface area contributed by atoms with Gasteiger partial charge in [-0.05, 0) is 64.9 Å². The summed E-state index contributed by atoms with van der Waals surface area (Å²) in [4.78, 5) is 22.9. The van der Waals surface area contributed by atoms with Crippen LogP contribution < -0.4 is 11.1 Å². The highest BCUT2D eigenvalue weighted by atomic mass is 79.9. The number of nitrogen functional groups attached to an aromatic ring is 1. The van der Waals surface area contributed by atoms with Crippen molar-refractivity contribution in [3.63, 3.8) is 0 Å². The third-order valence-corrected chi connectivity index (χ3v) is 6.09. The highest BCUT2D eigenvalue weighted by molar-refractivity contribution is 9.10. The number of hydrogen-bond acceptors (Lipinski definition) is 5. The van der Waals surface area contributed by atoms with Gasteiger partial charge in [0, 0.05) is 21.7 Å². The number of carbonyl (C=O) groups excluding carboxylic acids is 1. The largest absolute Gasteiger partial charge is 0.397 e. The van der Waals surface area contributed by atoms with Gasteiger partial charge < -0.3 is 11.1 Å². The van der Waals surface area contributed by atoms with Crippen molar-refractivity contribution in [2.45, 2.75) is 26.2 Å². The molecule has 1 atom stereocenters. The molecule has 25 heavy (non-hydrogen) atoms. The second kappa shape index (κ2) is 6.38. The maximum atomic E-state index is 12.6. The lowest BCUT2D eigenvalue weighted by atomic mass is 9.87. The zero-order valence-electron chi connectivity index (χ0n) is 13.7. The second-order valence-electron chi connectivity index (χ2n) is 6.46. The van der Waals surface area contributed by atoms with Crippen LogP contribution in [-0.2, 0) is 12.8 Å². The number of carbonyl (C=O) groups is 1. The van der Waals surface area contributed by atoms with Gasteiger partial charge in [0.25, 0.3) is 5.91 Å². The fraction of sp³-hybridized carbons (Fsp3) is 0.278. The molecule has 0 bridgehead atoms. The number of aromatic nitrogens is 2. The van der Waals surface area contributed by atoms with Gasteiger partial charge in [0.15, 0.2) is 0 Å². The lowest BCUT2D eigenvalue weighted by Crippen LogP contribution is -2.13. The molecule has 3 heterocycles. The molecule has 128 valence electrons. The standard InChI is InChI=1S/C18H17BrN4OS/c1-9-2-4-13-10(6-9)7-12-15(20)16(25-18(12)22-13)17(24)23-14-5-3-11(19)8-21-14/h3,5,7-9H,2,4,6,20H2,1H3,(H,21,23,24). The molecule has 0 saturated carbocycles. The number of pyridine rings is 2. The van der Waals surface area contributed by atoms with Crippen molar-refractivity contribution in [2.24, 2.45) is 5.92 Å². The third kappa shape index (κ3) is 3.14. The Hall–Kier alpha value is -1.99. The summed E-state index contributed by atoms with van der Waals surface area (Å²) in [7, 11) is 0. The summed E-state index contributed by atoms with van der Waals surface area (Å²) in [5.41, 5.74) is 9.18. The lowest BCUT2D eigenvalue weighted by molar-refractivity contribution is 0.103. The number of hydrogen-bond donors (Lipinski definition) is 2. The average molecular weight is 417 g/mol. The lowest BCUT2D eigenvalue weighted by Gasteiger charge is -2.20. The van der Waals surface area contributed by atoms with Crippen molar-refractivity contribution in [2.75, 3.05) is 11.1 Å². The number of thiophene rings is 1. The molecule has 0 radical (unpaired) electrons. The highest BCUT2D eigenvalue weighted by Crippen LogP contribution is 2.36. The number of fused-ring (bicyclic) bond motifs is 2. The van der Waals surface area contributed by atoms with Gasteiger partial charge in [0.05, 0.1) is 5.69 Å². The van der Waals surface area contributed by atoms with Crippen LogP contribution in [0.3, 0.4) is 0 Å². The number of aryl methyl sites for hydroxylation is 1. The molecule has 5 nitrogen and oxygen atoms in total. The predicted octanol–water partition coefficient (Wildman–Crippen LogP) is 4.41. The van der Waals surface area contributed by atoms with Crippen LogP contribution >= 0.6 is 27.3 Å². The first-order valence-corrected chi connectivity index (χ1v) is 9.76. The molecule has 7 heteroatoms. The quantitative estimate of drug-likeness (QED) is 0.647. The summed E-state index contributed by atoms with van der Waals surface area (Å²) >= 11 is 4.67. The van der Waals surface area contributed by atoms with Crippen molar-refractivity contribution < 1.29 is 4.79 Å². The zero-order valence-corrected chi connectivity index (χ0v) is 16.1. The average Bonchev–Trinajstić information content (AvgIpc) is 2.91. The highest BCUT2D eigenvalue weighted by Gasteiger charge is 2.22. The topological polar surface area (TPSA) is 80.9 Å². The van der Waals surface area contributed by atoms with Gasteiger partial charge >= 0.3 is 0 Å². The number of anilines is 2. The Kier molecular flexibility index (Phi) is 4.21.